The fourth-order valence-electron chi connectivity index (χ4n) is 2.16. The molecule has 0 radical (unpaired) electrons. The molecule has 0 unspecified atom stereocenters. The van der Waals surface area contributed by atoms with E-state index in [4.69, 9.17) is 4.74 Å². The molecule has 0 fully saturated rings. The molecule has 0 spiro atoms. The topological polar surface area (TPSA) is 75.0 Å². The summed E-state index contributed by atoms with van der Waals surface area (Å²) in [6.07, 6.45) is 1.54. The molecule has 128 valence electrons. The van der Waals surface area contributed by atoms with Crippen molar-refractivity contribution in [2.24, 2.45) is 0 Å². The average molecular weight is 361 g/mol. The quantitative estimate of drug-likeness (QED) is 0.525. The van der Waals surface area contributed by atoms with Crippen LogP contribution < -0.4 is 10.1 Å². The maximum atomic E-state index is 12.2. The van der Waals surface area contributed by atoms with Gasteiger partial charge in [0.05, 0.1) is 11.2 Å². The van der Waals surface area contributed by atoms with Gasteiger partial charge in [0.1, 0.15) is 24.0 Å². The molecule has 2 aromatic carbocycles. The van der Waals surface area contributed by atoms with Crippen molar-refractivity contribution in [1.29, 1.82) is 5.26 Å². The number of amides is 1. The van der Waals surface area contributed by atoms with Crippen molar-refractivity contribution in [3.8, 4) is 11.8 Å². The van der Waals surface area contributed by atoms with Crippen LogP contribution in [0.4, 0.5) is 5.69 Å². The fourth-order valence-corrected chi connectivity index (χ4v) is 2.70. The van der Waals surface area contributed by atoms with Crippen molar-refractivity contribution in [3.63, 3.8) is 0 Å². The molecule has 26 heavy (non-hydrogen) atoms. The largest absolute Gasteiger partial charge is 0.487 e. The molecule has 0 aliphatic carbocycles. The Kier molecular flexibility index (Phi) is 5.76. The summed E-state index contributed by atoms with van der Waals surface area (Å²) in [5.74, 6) is 0.255. The minimum absolute atomic E-state index is 0.0324. The van der Waals surface area contributed by atoms with Crippen molar-refractivity contribution in [2.75, 3.05) is 5.32 Å². The minimum Gasteiger partial charge on any atom is -0.487 e. The van der Waals surface area contributed by atoms with Crippen molar-refractivity contribution in [3.05, 3.63) is 82.3 Å². The van der Waals surface area contributed by atoms with Gasteiger partial charge in [-0.05, 0) is 35.9 Å². The Hall–Kier alpha value is -3.43. The molecule has 1 aromatic heterocycles. The van der Waals surface area contributed by atoms with Crippen molar-refractivity contribution in [2.45, 2.75) is 6.61 Å². The van der Waals surface area contributed by atoms with E-state index in [0.29, 0.717) is 18.0 Å². The lowest BCUT2D eigenvalue weighted by Gasteiger charge is -2.05. The third-order valence-electron chi connectivity index (χ3n) is 3.46. The summed E-state index contributed by atoms with van der Waals surface area (Å²) in [5, 5.41) is 13.9. The summed E-state index contributed by atoms with van der Waals surface area (Å²) in [4.78, 5) is 16.4. The van der Waals surface area contributed by atoms with Gasteiger partial charge in [0.15, 0.2) is 0 Å². The molecule has 3 rings (SSSR count). The second-order valence-electron chi connectivity index (χ2n) is 5.33. The number of nitrogens with zero attached hydrogens (tertiary/aromatic N) is 2. The Labute approximate surface area is 155 Å². The Balaban J connectivity index is 1.65. The van der Waals surface area contributed by atoms with Crippen LogP contribution in [0.5, 0.6) is 5.75 Å². The normalized spacial score (nSPS) is 10.8. The van der Waals surface area contributed by atoms with Crippen LogP contribution in [0.1, 0.15) is 11.3 Å². The van der Waals surface area contributed by atoms with Gasteiger partial charge in [-0.1, -0.05) is 30.3 Å². The van der Waals surface area contributed by atoms with Crippen LogP contribution in [-0.4, -0.2) is 10.9 Å². The third kappa shape index (κ3) is 4.79. The van der Waals surface area contributed by atoms with Crippen LogP contribution in [0.15, 0.2) is 71.1 Å². The van der Waals surface area contributed by atoms with Gasteiger partial charge >= 0.3 is 0 Å². The van der Waals surface area contributed by atoms with E-state index in [9.17, 15) is 10.1 Å². The summed E-state index contributed by atoms with van der Waals surface area (Å²) in [6, 6.07) is 18.1. The van der Waals surface area contributed by atoms with Gasteiger partial charge in [-0.3, -0.25) is 4.79 Å². The number of rotatable bonds is 6. The van der Waals surface area contributed by atoms with Crippen LogP contribution in [0.3, 0.4) is 0 Å². The summed E-state index contributed by atoms with van der Waals surface area (Å²) < 4.78 is 5.64. The van der Waals surface area contributed by atoms with Gasteiger partial charge in [-0.15, -0.1) is 11.3 Å². The van der Waals surface area contributed by atoms with Gasteiger partial charge in [-0.2, -0.15) is 5.26 Å². The van der Waals surface area contributed by atoms with E-state index in [1.54, 1.807) is 48.0 Å². The summed E-state index contributed by atoms with van der Waals surface area (Å²) >= 11 is 1.52. The number of nitrogens with one attached hydrogen (secondary N) is 1. The molecule has 0 atom stereocenters. The van der Waals surface area contributed by atoms with Crippen molar-refractivity contribution < 1.29 is 9.53 Å². The lowest BCUT2D eigenvalue weighted by atomic mass is 10.1. The molecule has 0 saturated carbocycles. The summed E-state index contributed by atoms with van der Waals surface area (Å²) in [7, 11) is 0. The van der Waals surface area contributed by atoms with Crippen molar-refractivity contribution in [1.82, 2.24) is 4.98 Å². The first-order valence-electron chi connectivity index (χ1n) is 7.83. The number of carbonyl (C=O) groups is 1. The first kappa shape index (κ1) is 17.4. The number of anilines is 1. The number of ether oxygens (including phenoxy) is 1. The van der Waals surface area contributed by atoms with Crippen molar-refractivity contribution >= 4 is 29.0 Å². The Morgan fingerprint density at radius 1 is 1.19 bits per heavy atom. The van der Waals surface area contributed by atoms with E-state index in [1.807, 2.05) is 29.6 Å². The molecule has 1 heterocycles. The number of carbonyl (C=O) groups excluding carboxylic acids is 1. The number of hydrogen-bond acceptors (Lipinski definition) is 5. The van der Waals surface area contributed by atoms with Gasteiger partial charge in [0, 0.05) is 11.1 Å². The second kappa shape index (κ2) is 8.60. The Morgan fingerprint density at radius 3 is 2.62 bits per heavy atom. The van der Waals surface area contributed by atoms with Crippen LogP contribution in [0.25, 0.3) is 6.08 Å². The van der Waals surface area contributed by atoms with Crippen LogP contribution >= 0.6 is 11.3 Å². The van der Waals surface area contributed by atoms with E-state index >= 15 is 0 Å². The predicted molar refractivity (Wildman–Crippen MR) is 102 cm³/mol. The smallest absolute Gasteiger partial charge is 0.266 e. The molecule has 5 nitrogen and oxygen atoms in total. The standard InChI is InChI=1S/C20H15N3O2S/c21-11-16(20(24)23-17-4-2-1-3-5-17)10-15-6-8-19(9-7-15)25-12-18-13-26-14-22-18/h1-10,13-14H,12H2,(H,23,24). The number of aromatic nitrogens is 1. The van der Waals surface area contributed by atoms with Crippen LogP contribution in [0, 0.1) is 11.3 Å². The molecular weight excluding hydrogens is 346 g/mol. The summed E-state index contributed by atoms with van der Waals surface area (Å²) in [6.45, 7) is 0.404. The Morgan fingerprint density at radius 2 is 1.96 bits per heavy atom. The molecule has 3 aromatic rings. The van der Waals surface area contributed by atoms with Gasteiger partial charge in [0.25, 0.3) is 5.91 Å². The third-order valence-corrected chi connectivity index (χ3v) is 4.09. The van der Waals surface area contributed by atoms with E-state index in [0.717, 1.165) is 11.3 Å². The molecule has 6 heteroatoms. The minimum atomic E-state index is -0.442. The first-order valence-corrected chi connectivity index (χ1v) is 8.77. The molecule has 1 amide bonds. The molecule has 0 saturated heterocycles. The highest BCUT2D eigenvalue weighted by molar-refractivity contribution is 7.07. The number of para-hydroxylation sites is 1. The fraction of sp³-hybridized carbons (Fsp3) is 0.0500. The Bertz CT molecular complexity index is 927. The predicted octanol–water partition coefficient (Wildman–Crippen LogP) is 4.27. The lowest BCUT2D eigenvalue weighted by molar-refractivity contribution is -0.112. The van der Waals surface area contributed by atoms with Crippen LogP contribution in [0.2, 0.25) is 0 Å². The first-order chi connectivity index (χ1) is 12.7. The zero-order chi connectivity index (χ0) is 18.2. The molecule has 0 aliphatic rings. The number of thiazole rings is 1. The SMILES string of the molecule is N#CC(=Cc1ccc(OCc2cscn2)cc1)C(=O)Nc1ccccc1. The van der Waals surface area contributed by atoms with E-state index < -0.39 is 5.91 Å². The van der Waals surface area contributed by atoms with E-state index in [-0.39, 0.29) is 5.57 Å². The van der Waals surface area contributed by atoms with Crippen LogP contribution in [-0.2, 0) is 11.4 Å². The maximum absolute atomic E-state index is 12.2. The number of benzene rings is 2. The van der Waals surface area contributed by atoms with Gasteiger partial charge in [-0.25, -0.2) is 4.98 Å². The molecule has 1 N–H and O–H groups in total. The molecular formula is C20H15N3O2S. The molecule has 0 aliphatic heterocycles. The monoisotopic (exact) mass is 361 g/mol. The van der Waals surface area contributed by atoms with Gasteiger partial charge in [0.2, 0.25) is 0 Å². The zero-order valence-corrected chi connectivity index (χ0v) is 14.6. The number of hydrogen-bond donors (Lipinski definition) is 1. The zero-order valence-electron chi connectivity index (χ0n) is 13.8. The second-order valence-corrected chi connectivity index (χ2v) is 6.05. The number of nitriles is 1. The lowest BCUT2D eigenvalue weighted by Crippen LogP contribution is -2.13. The summed E-state index contributed by atoms with van der Waals surface area (Å²) in [5.41, 5.74) is 4.06. The maximum Gasteiger partial charge on any atom is 0.266 e. The highest BCUT2D eigenvalue weighted by atomic mass is 32.1. The highest BCUT2D eigenvalue weighted by Gasteiger charge is 2.09. The molecule has 0 bridgehead atoms. The van der Waals surface area contributed by atoms with Gasteiger partial charge < -0.3 is 10.1 Å². The highest BCUT2D eigenvalue weighted by Crippen LogP contribution is 2.17. The van der Waals surface area contributed by atoms with E-state index in [1.165, 1.54) is 11.3 Å². The average Bonchev–Trinajstić information content (AvgIpc) is 3.20. The van der Waals surface area contributed by atoms with E-state index in [2.05, 4.69) is 10.3 Å².